The van der Waals surface area contributed by atoms with Crippen molar-refractivity contribution in [1.82, 2.24) is 9.97 Å². The topological polar surface area (TPSA) is 45.8 Å². The molecule has 1 N–H and O–H groups in total. The Morgan fingerprint density at radius 2 is 1.78 bits per heavy atom. The van der Waals surface area contributed by atoms with Crippen molar-refractivity contribution in [2.24, 2.45) is 0 Å². The minimum absolute atomic E-state index is 0.187. The molecule has 96 valence electrons. The number of rotatable bonds is 0. The van der Waals surface area contributed by atoms with Gasteiger partial charge in [-0.2, -0.15) is 0 Å². The van der Waals surface area contributed by atoms with Gasteiger partial charge in [0.2, 0.25) is 0 Å². The highest BCUT2D eigenvalue weighted by Gasteiger charge is 1.98. The van der Waals surface area contributed by atoms with Crippen molar-refractivity contribution >= 4 is 39.1 Å². The Bertz CT molecular complexity index is 607. The number of halogens is 5. The van der Waals surface area contributed by atoms with Crippen molar-refractivity contribution in [2.75, 3.05) is 0 Å². The van der Waals surface area contributed by atoms with E-state index in [1.807, 2.05) is 0 Å². The minimum Gasteiger partial charge on any atom is -0.325 e. The Morgan fingerprint density at radius 3 is 2.22 bits per heavy atom. The van der Waals surface area contributed by atoms with Crippen LogP contribution in [-0.2, 0) is 0 Å². The van der Waals surface area contributed by atoms with Gasteiger partial charge in [-0.15, -0.1) is 0 Å². The van der Waals surface area contributed by atoms with Crippen LogP contribution in [0.2, 0.25) is 10.0 Å². The lowest BCUT2D eigenvalue weighted by atomic mass is 10.5. The van der Waals surface area contributed by atoms with Crippen molar-refractivity contribution in [2.45, 2.75) is 0 Å². The zero-order chi connectivity index (χ0) is 13.7. The predicted molar refractivity (Wildman–Crippen MR) is 68.9 cm³/mol. The maximum Gasteiger partial charge on any atom is 0.284 e. The zero-order valence-electron chi connectivity index (χ0n) is 8.55. The molecule has 0 bridgehead atoms. The van der Waals surface area contributed by atoms with E-state index in [0.717, 1.165) is 6.07 Å². The Hall–Kier alpha value is -0.980. The number of nitrogens with zero attached hydrogens (tertiary/aromatic N) is 1. The molecule has 0 aliphatic rings. The number of aromatic amines is 1. The van der Waals surface area contributed by atoms with Crippen LogP contribution in [-0.4, -0.2) is 9.97 Å². The largest absolute Gasteiger partial charge is 0.325 e. The minimum atomic E-state index is -0.859. The van der Waals surface area contributed by atoms with E-state index in [9.17, 15) is 13.6 Å². The van der Waals surface area contributed by atoms with Crippen LogP contribution in [0.1, 0.15) is 0 Å². The summed E-state index contributed by atoms with van der Waals surface area (Å²) in [6.45, 7) is 0. The molecule has 0 radical (unpaired) electrons. The molecule has 0 aliphatic carbocycles. The van der Waals surface area contributed by atoms with Crippen molar-refractivity contribution in [3.05, 3.63) is 61.2 Å². The van der Waals surface area contributed by atoms with Crippen molar-refractivity contribution in [3.63, 3.8) is 0 Å². The van der Waals surface area contributed by atoms with Crippen LogP contribution in [0.5, 0.6) is 0 Å². The molecule has 0 aromatic carbocycles. The number of pyridine rings is 2. The summed E-state index contributed by atoms with van der Waals surface area (Å²) in [5, 5.41) is 0.489. The summed E-state index contributed by atoms with van der Waals surface area (Å²) in [6.07, 6.45) is 2.60. The predicted octanol–water partition coefficient (Wildman–Crippen LogP) is 3.80. The molecule has 0 saturated heterocycles. The second-order valence-corrected chi connectivity index (χ2v) is 4.55. The van der Waals surface area contributed by atoms with Crippen LogP contribution in [0.4, 0.5) is 8.78 Å². The lowest BCUT2D eigenvalue weighted by Gasteiger charge is -1.90. The average molecular weight is 358 g/mol. The molecule has 0 amide bonds. The first kappa shape index (κ1) is 15.1. The van der Waals surface area contributed by atoms with Gasteiger partial charge in [0.25, 0.3) is 5.56 Å². The highest BCUT2D eigenvalue weighted by molar-refractivity contribution is 9.10. The fraction of sp³-hybridized carbons (Fsp3) is 0. The molecule has 2 aromatic heterocycles. The van der Waals surface area contributed by atoms with Gasteiger partial charge in [0, 0.05) is 12.4 Å². The SMILES string of the molecule is Fc1cc(Cl)cnc1Br.O=c1[nH]cc(Cl)cc1F. The molecule has 8 heteroatoms. The fourth-order valence-electron chi connectivity index (χ4n) is 0.830. The van der Waals surface area contributed by atoms with E-state index >= 15 is 0 Å². The van der Waals surface area contributed by atoms with Crippen LogP contribution < -0.4 is 5.56 Å². The first-order chi connectivity index (χ1) is 8.40. The van der Waals surface area contributed by atoms with Gasteiger partial charge in [-0.05, 0) is 28.1 Å². The molecule has 0 aliphatic heterocycles. The molecule has 0 spiro atoms. The van der Waals surface area contributed by atoms with E-state index in [1.165, 1.54) is 18.5 Å². The number of nitrogens with one attached hydrogen (secondary N) is 1. The summed E-state index contributed by atoms with van der Waals surface area (Å²) in [7, 11) is 0. The van der Waals surface area contributed by atoms with E-state index in [2.05, 4.69) is 25.9 Å². The molecule has 2 aromatic rings. The normalized spacial score (nSPS) is 9.61. The Labute approximate surface area is 119 Å². The summed E-state index contributed by atoms with van der Waals surface area (Å²) in [5.41, 5.74) is -0.751. The smallest absolute Gasteiger partial charge is 0.284 e. The monoisotopic (exact) mass is 356 g/mol. The van der Waals surface area contributed by atoms with Gasteiger partial charge in [0.15, 0.2) is 11.6 Å². The van der Waals surface area contributed by atoms with Crippen LogP contribution in [0.15, 0.2) is 33.9 Å². The summed E-state index contributed by atoms with van der Waals surface area (Å²) >= 11 is 13.6. The lowest BCUT2D eigenvalue weighted by Crippen LogP contribution is -2.08. The van der Waals surface area contributed by atoms with Gasteiger partial charge in [0.05, 0.1) is 10.0 Å². The van der Waals surface area contributed by atoms with Crippen molar-refractivity contribution in [1.29, 1.82) is 0 Å². The molecule has 0 saturated carbocycles. The third kappa shape index (κ3) is 4.72. The van der Waals surface area contributed by atoms with Crippen LogP contribution in [0.25, 0.3) is 0 Å². The Morgan fingerprint density at radius 1 is 1.17 bits per heavy atom. The summed E-state index contributed by atoms with van der Waals surface area (Å²) in [4.78, 5) is 16.0. The number of hydrogen-bond donors (Lipinski definition) is 1. The van der Waals surface area contributed by atoms with Gasteiger partial charge in [-0.25, -0.2) is 13.8 Å². The summed E-state index contributed by atoms with van der Waals surface area (Å²) in [6, 6.07) is 2.15. The summed E-state index contributed by atoms with van der Waals surface area (Å²) < 4.78 is 24.7. The Balaban J connectivity index is 0.000000180. The van der Waals surface area contributed by atoms with Gasteiger partial charge in [-0.3, -0.25) is 4.79 Å². The van der Waals surface area contributed by atoms with E-state index < -0.39 is 17.2 Å². The fourth-order valence-corrected chi connectivity index (χ4v) is 1.34. The first-order valence-electron chi connectivity index (χ1n) is 4.40. The molecule has 18 heavy (non-hydrogen) atoms. The van der Waals surface area contributed by atoms with Crippen LogP contribution in [0.3, 0.4) is 0 Å². The third-order valence-electron chi connectivity index (χ3n) is 1.59. The number of hydrogen-bond acceptors (Lipinski definition) is 2. The standard InChI is InChI=1S/C5H2BrClFN.C5H3ClFNO/c6-5-4(8)1-3(7)2-9-5;6-3-1-4(7)5(9)8-2-3/h1-2H;1-2H,(H,8,9). The highest BCUT2D eigenvalue weighted by Crippen LogP contribution is 2.15. The van der Waals surface area contributed by atoms with Gasteiger partial charge < -0.3 is 4.98 Å². The molecule has 2 heterocycles. The van der Waals surface area contributed by atoms with Crippen molar-refractivity contribution < 1.29 is 8.78 Å². The molecule has 0 atom stereocenters. The average Bonchev–Trinajstić information content (AvgIpc) is 2.30. The third-order valence-corrected chi connectivity index (χ3v) is 2.59. The first-order valence-corrected chi connectivity index (χ1v) is 5.95. The number of aromatic nitrogens is 2. The van der Waals surface area contributed by atoms with Gasteiger partial charge >= 0.3 is 0 Å². The molecule has 2 rings (SSSR count). The van der Waals surface area contributed by atoms with E-state index in [0.29, 0.717) is 5.02 Å². The maximum absolute atomic E-state index is 12.4. The Kier molecular flexibility index (Phi) is 5.71. The quantitative estimate of drug-likeness (QED) is 0.729. The molecular formula is C10H5BrCl2F2N2O. The molecular weight excluding hydrogens is 353 g/mol. The number of H-pyrrole nitrogens is 1. The van der Waals surface area contributed by atoms with E-state index in [1.54, 1.807) is 0 Å². The van der Waals surface area contributed by atoms with E-state index in [4.69, 9.17) is 23.2 Å². The summed E-state index contributed by atoms with van der Waals surface area (Å²) in [5.74, 6) is -1.30. The molecule has 0 unspecified atom stereocenters. The van der Waals surface area contributed by atoms with Crippen LogP contribution >= 0.6 is 39.1 Å². The second kappa shape index (κ2) is 6.82. The van der Waals surface area contributed by atoms with Crippen molar-refractivity contribution in [3.8, 4) is 0 Å². The van der Waals surface area contributed by atoms with Gasteiger partial charge in [-0.1, -0.05) is 23.2 Å². The van der Waals surface area contributed by atoms with E-state index in [-0.39, 0.29) is 9.63 Å². The molecule has 0 fully saturated rings. The maximum atomic E-state index is 12.4. The zero-order valence-corrected chi connectivity index (χ0v) is 11.7. The van der Waals surface area contributed by atoms with Crippen LogP contribution in [0, 0.1) is 11.6 Å². The second-order valence-electron chi connectivity index (χ2n) is 2.92. The lowest BCUT2D eigenvalue weighted by molar-refractivity contribution is 0.608. The molecule has 3 nitrogen and oxygen atoms in total. The van der Waals surface area contributed by atoms with Gasteiger partial charge in [0.1, 0.15) is 4.60 Å². The highest BCUT2D eigenvalue weighted by atomic mass is 79.9.